The molecule has 4 nitrogen and oxygen atoms in total. The van der Waals surface area contributed by atoms with Gasteiger partial charge in [0.1, 0.15) is 23.3 Å². The van der Waals surface area contributed by atoms with E-state index in [1.54, 1.807) is 12.1 Å². The van der Waals surface area contributed by atoms with E-state index in [2.05, 4.69) is 20.6 Å². The third-order valence-corrected chi connectivity index (χ3v) is 2.56. The van der Waals surface area contributed by atoms with E-state index in [1.165, 1.54) is 12.1 Å². The molecule has 100 valence electrons. The molecule has 0 spiro atoms. The van der Waals surface area contributed by atoms with Crippen molar-refractivity contribution < 1.29 is 4.39 Å². The van der Waals surface area contributed by atoms with Crippen LogP contribution in [0.4, 0.5) is 21.7 Å². The Hall–Kier alpha value is -2.17. The molecule has 1 heterocycles. The van der Waals surface area contributed by atoms with Crippen molar-refractivity contribution >= 4 is 17.3 Å². The van der Waals surface area contributed by atoms with Crippen molar-refractivity contribution in [1.82, 2.24) is 9.97 Å². The Morgan fingerprint density at radius 1 is 1.05 bits per heavy atom. The summed E-state index contributed by atoms with van der Waals surface area (Å²) in [6.45, 7) is 4.82. The summed E-state index contributed by atoms with van der Waals surface area (Å²) in [7, 11) is 0. The summed E-state index contributed by atoms with van der Waals surface area (Å²) in [5.41, 5.74) is 0.796. The van der Waals surface area contributed by atoms with Crippen LogP contribution >= 0.6 is 0 Å². The lowest BCUT2D eigenvalue weighted by molar-refractivity contribution is 0.628. The molecular weight excluding hydrogens is 243 g/mol. The number of halogens is 1. The first-order valence-electron chi connectivity index (χ1n) is 6.35. The molecule has 1 aromatic carbocycles. The van der Waals surface area contributed by atoms with Gasteiger partial charge < -0.3 is 10.6 Å². The lowest BCUT2D eigenvalue weighted by Crippen LogP contribution is -2.05. The molecule has 0 bridgehead atoms. The van der Waals surface area contributed by atoms with Gasteiger partial charge in [0.2, 0.25) is 0 Å². The van der Waals surface area contributed by atoms with Crippen LogP contribution in [0, 0.1) is 5.82 Å². The number of aryl methyl sites for hydroxylation is 1. The number of aromatic nitrogens is 2. The molecule has 0 aliphatic rings. The fraction of sp³-hybridized carbons (Fsp3) is 0.286. The van der Waals surface area contributed by atoms with Crippen LogP contribution in [-0.4, -0.2) is 16.5 Å². The molecule has 5 heteroatoms. The summed E-state index contributed by atoms with van der Waals surface area (Å²) in [6.07, 6.45) is 0.761. The molecule has 0 unspecified atom stereocenters. The van der Waals surface area contributed by atoms with Crippen molar-refractivity contribution in [3.8, 4) is 0 Å². The number of nitrogens with zero attached hydrogens (tertiary/aromatic N) is 2. The minimum Gasteiger partial charge on any atom is -0.370 e. The second-order valence-electron chi connectivity index (χ2n) is 4.07. The lowest BCUT2D eigenvalue weighted by Gasteiger charge is -2.10. The molecule has 0 atom stereocenters. The Morgan fingerprint density at radius 2 is 1.74 bits per heavy atom. The Morgan fingerprint density at radius 3 is 2.37 bits per heavy atom. The number of hydrogen-bond donors (Lipinski definition) is 2. The minimum absolute atomic E-state index is 0.254. The highest BCUT2D eigenvalue weighted by Gasteiger charge is 2.03. The van der Waals surface area contributed by atoms with Crippen LogP contribution in [-0.2, 0) is 6.42 Å². The first-order valence-corrected chi connectivity index (χ1v) is 6.35. The smallest absolute Gasteiger partial charge is 0.136 e. The third kappa shape index (κ3) is 3.64. The SMILES string of the molecule is CCNc1cc(Nc2ccc(F)cc2)nc(CC)n1. The second kappa shape index (κ2) is 6.13. The maximum Gasteiger partial charge on any atom is 0.136 e. The molecule has 2 N–H and O–H groups in total. The van der Waals surface area contributed by atoms with Gasteiger partial charge in [-0.15, -0.1) is 0 Å². The van der Waals surface area contributed by atoms with Crippen molar-refractivity contribution in [3.63, 3.8) is 0 Å². The van der Waals surface area contributed by atoms with Gasteiger partial charge >= 0.3 is 0 Å². The zero-order valence-electron chi connectivity index (χ0n) is 11.1. The zero-order valence-corrected chi connectivity index (χ0v) is 11.1. The summed E-state index contributed by atoms with van der Waals surface area (Å²) in [5, 5.41) is 6.31. The lowest BCUT2D eigenvalue weighted by atomic mass is 10.3. The monoisotopic (exact) mass is 260 g/mol. The Balaban J connectivity index is 2.23. The summed E-state index contributed by atoms with van der Waals surface area (Å²) in [5.74, 6) is 2.01. The summed E-state index contributed by atoms with van der Waals surface area (Å²) in [6, 6.07) is 8.02. The van der Waals surface area contributed by atoms with Crippen LogP contribution < -0.4 is 10.6 Å². The average molecular weight is 260 g/mol. The van der Waals surface area contributed by atoms with Gasteiger partial charge in [-0.05, 0) is 31.2 Å². The van der Waals surface area contributed by atoms with Crippen LogP contribution in [0.15, 0.2) is 30.3 Å². The highest BCUT2D eigenvalue weighted by Crippen LogP contribution is 2.18. The molecule has 19 heavy (non-hydrogen) atoms. The van der Waals surface area contributed by atoms with Gasteiger partial charge in [-0.25, -0.2) is 14.4 Å². The molecule has 0 amide bonds. The first-order chi connectivity index (χ1) is 9.21. The highest BCUT2D eigenvalue weighted by atomic mass is 19.1. The van der Waals surface area contributed by atoms with E-state index in [1.807, 2.05) is 19.9 Å². The third-order valence-electron chi connectivity index (χ3n) is 2.56. The maximum absolute atomic E-state index is 12.8. The average Bonchev–Trinajstić information content (AvgIpc) is 2.41. The molecule has 0 fully saturated rings. The first kappa shape index (κ1) is 13.3. The molecule has 2 aromatic rings. The Kier molecular flexibility index (Phi) is 4.28. The molecular formula is C14H17FN4. The van der Waals surface area contributed by atoms with Crippen LogP contribution in [0.5, 0.6) is 0 Å². The number of benzene rings is 1. The van der Waals surface area contributed by atoms with Gasteiger partial charge in [0.05, 0.1) is 0 Å². The van der Waals surface area contributed by atoms with Crippen LogP contribution in [0.3, 0.4) is 0 Å². The van der Waals surface area contributed by atoms with Gasteiger partial charge in [0.25, 0.3) is 0 Å². The topological polar surface area (TPSA) is 49.8 Å². The highest BCUT2D eigenvalue weighted by molar-refractivity contribution is 5.59. The van der Waals surface area contributed by atoms with Gasteiger partial charge in [-0.1, -0.05) is 6.92 Å². The van der Waals surface area contributed by atoms with Crippen LogP contribution in [0.25, 0.3) is 0 Å². The van der Waals surface area contributed by atoms with Crippen molar-refractivity contribution in [2.24, 2.45) is 0 Å². The fourth-order valence-corrected chi connectivity index (χ4v) is 1.67. The minimum atomic E-state index is -0.254. The molecule has 0 saturated carbocycles. The summed E-state index contributed by atoms with van der Waals surface area (Å²) >= 11 is 0. The standard InChI is InChI=1S/C14H17FN4/c1-3-12-18-13(16-4-2)9-14(19-12)17-11-7-5-10(15)6-8-11/h5-9H,3-4H2,1-2H3,(H2,16,17,18,19). The Bertz CT molecular complexity index is 540. The van der Waals surface area contributed by atoms with Crippen molar-refractivity contribution in [2.45, 2.75) is 20.3 Å². The molecule has 0 radical (unpaired) electrons. The van der Waals surface area contributed by atoms with E-state index in [4.69, 9.17) is 0 Å². The van der Waals surface area contributed by atoms with Gasteiger partial charge in [-0.2, -0.15) is 0 Å². The predicted molar refractivity (Wildman–Crippen MR) is 75.3 cm³/mol. The molecule has 0 aliphatic heterocycles. The van der Waals surface area contributed by atoms with Crippen molar-refractivity contribution in [2.75, 3.05) is 17.2 Å². The summed E-state index contributed by atoms with van der Waals surface area (Å²) in [4.78, 5) is 8.77. The second-order valence-corrected chi connectivity index (χ2v) is 4.07. The van der Waals surface area contributed by atoms with Crippen molar-refractivity contribution in [1.29, 1.82) is 0 Å². The molecule has 1 aromatic heterocycles. The largest absolute Gasteiger partial charge is 0.370 e. The van der Waals surface area contributed by atoms with E-state index < -0.39 is 0 Å². The summed E-state index contributed by atoms with van der Waals surface area (Å²) < 4.78 is 12.8. The predicted octanol–water partition coefficient (Wildman–Crippen LogP) is 3.35. The van der Waals surface area contributed by atoms with Crippen LogP contribution in [0.2, 0.25) is 0 Å². The van der Waals surface area contributed by atoms with Crippen molar-refractivity contribution in [3.05, 3.63) is 42.0 Å². The number of anilines is 3. The number of rotatable bonds is 5. The molecule has 2 rings (SSSR count). The quantitative estimate of drug-likeness (QED) is 0.865. The van der Waals surface area contributed by atoms with Gasteiger partial charge in [0, 0.05) is 24.7 Å². The normalized spacial score (nSPS) is 10.3. The molecule has 0 saturated heterocycles. The van der Waals surface area contributed by atoms with Crippen LogP contribution in [0.1, 0.15) is 19.7 Å². The van der Waals surface area contributed by atoms with E-state index in [9.17, 15) is 4.39 Å². The maximum atomic E-state index is 12.8. The molecule has 0 aliphatic carbocycles. The Labute approximate surface area is 112 Å². The fourth-order valence-electron chi connectivity index (χ4n) is 1.67. The zero-order chi connectivity index (χ0) is 13.7. The van der Waals surface area contributed by atoms with Gasteiger partial charge in [0.15, 0.2) is 0 Å². The number of nitrogens with one attached hydrogen (secondary N) is 2. The van der Waals surface area contributed by atoms with E-state index in [0.29, 0.717) is 5.82 Å². The van der Waals surface area contributed by atoms with E-state index in [0.717, 1.165) is 30.3 Å². The van der Waals surface area contributed by atoms with E-state index in [-0.39, 0.29) is 5.82 Å². The van der Waals surface area contributed by atoms with Gasteiger partial charge in [-0.3, -0.25) is 0 Å². The number of hydrogen-bond acceptors (Lipinski definition) is 4. The van der Waals surface area contributed by atoms with E-state index >= 15 is 0 Å².